The van der Waals surface area contributed by atoms with Crippen molar-refractivity contribution in [2.45, 2.75) is 13.5 Å². The standard InChI is InChI=1S/C14H19N5O/c1-10-5-6-11(14(20)18(2)3)7-13(10)15-8-12-9-19(4)17-16-12/h5-7,9,15H,8H2,1-4H3. The molecular weight excluding hydrogens is 254 g/mol. The minimum atomic E-state index is -0.00690. The fourth-order valence-electron chi connectivity index (χ4n) is 1.87. The molecule has 1 heterocycles. The van der Waals surface area contributed by atoms with E-state index in [0.717, 1.165) is 16.9 Å². The molecule has 0 unspecified atom stereocenters. The van der Waals surface area contributed by atoms with Gasteiger partial charge in [-0.2, -0.15) is 0 Å². The fraction of sp³-hybridized carbons (Fsp3) is 0.357. The molecule has 0 spiro atoms. The number of aryl methyl sites for hydroxylation is 2. The molecule has 0 saturated carbocycles. The summed E-state index contributed by atoms with van der Waals surface area (Å²) in [5.41, 5.74) is 3.55. The molecular formula is C14H19N5O. The van der Waals surface area contributed by atoms with Crippen molar-refractivity contribution in [3.8, 4) is 0 Å². The predicted molar refractivity (Wildman–Crippen MR) is 77.5 cm³/mol. The number of nitrogens with one attached hydrogen (secondary N) is 1. The molecule has 0 aliphatic heterocycles. The monoisotopic (exact) mass is 273 g/mol. The van der Waals surface area contributed by atoms with Gasteiger partial charge in [0.15, 0.2) is 0 Å². The number of nitrogens with zero attached hydrogens (tertiary/aromatic N) is 4. The molecule has 6 nitrogen and oxygen atoms in total. The lowest BCUT2D eigenvalue weighted by atomic mass is 10.1. The first-order valence-corrected chi connectivity index (χ1v) is 6.38. The van der Waals surface area contributed by atoms with Crippen molar-refractivity contribution in [3.05, 3.63) is 41.2 Å². The number of hydrogen-bond acceptors (Lipinski definition) is 4. The van der Waals surface area contributed by atoms with Crippen LogP contribution in [0.2, 0.25) is 0 Å². The maximum atomic E-state index is 12.0. The van der Waals surface area contributed by atoms with E-state index in [9.17, 15) is 4.79 Å². The van der Waals surface area contributed by atoms with Crippen molar-refractivity contribution in [1.29, 1.82) is 0 Å². The van der Waals surface area contributed by atoms with Crippen molar-refractivity contribution in [3.63, 3.8) is 0 Å². The van der Waals surface area contributed by atoms with Crippen LogP contribution in [0, 0.1) is 6.92 Å². The number of anilines is 1. The lowest BCUT2D eigenvalue weighted by Crippen LogP contribution is -2.21. The maximum absolute atomic E-state index is 12.0. The zero-order valence-corrected chi connectivity index (χ0v) is 12.2. The summed E-state index contributed by atoms with van der Waals surface area (Å²) in [4.78, 5) is 13.5. The molecule has 20 heavy (non-hydrogen) atoms. The molecule has 0 saturated heterocycles. The van der Waals surface area contributed by atoms with Crippen LogP contribution in [0.15, 0.2) is 24.4 Å². The molecule has 0 radical (unpaired) electrons. The van der Waals surface area contributed by atoms with Gasteiger partial charge in [-0.1, -0.05) is 11.3 Å². The lowest BCUT2D eigenvalue weighted by Gasteiger charge is -2.13. The Kier molecular flexibility index (Phi) is 4.02. The average Bonchev–Trinajstić information content (AvgIpc) is 2.82. The molecule has 2 aromatic rings. The highest BCUT2D eigenvalue weighted by molar-refractivity contribution is 5.95. The highest BCUT2D eigenvalue weighted by Gasteiger charge is 2.10. The molecule has 0 atom stereocenters. The van der Waals surface area contributed by atoms with E-state index in [-0.39, 0.29) is 5.91 Å². The van der Waals surface area contributed by atoms with Gasteiger partial charge in [-0.15, -0.1) is 5.10 Å². The average molecular weight is 273 g/mol. The number of carbonyl (C=O) groups is 1. The quantitative estimate of drug-likeness (QED) is 0.915. The van der Waals surface area contributed by atoms with E-state index in [1.54, 1.807) is 23.7 Å². The lowest BCUT2D eigenvalue weighted by molar-refractivity contribution is 0.0827. The third-order valence-electron chi connectivity index (χ3n) is 3.00. The number of carbonyl (C=O) groups excluding carboxylic acids is 1. The molecule has 1 aromatic heterocycles. The normalized spacial score (nSPS) is 10.4. The van der Waals surface area contributed by atoms with Crippen LogP contribution in [0.3, 0.4) is 0 Å². The Labute approximate surface area is 118 Å². The molecule has 0 fully saturated rings. The molecule has 1 aromatic carbocycles. The Balaban J connectivity index is 2.14. The smallest absolute Gasteiger partial charge is 0.253 e. The first-order chi connectivity index (χ1) is 9.47. The van der Waals surface area contributed by atoms with Gasteiger partial charge in [0, 0.05) is 38.6 Å². The summed E-state index contributed by atoms with van der Waals surface area (Å²) in [6, 6.07) is 5.65. The van der Waals surface area contributed by atoms with E-state index < -0.39 is 0 Å². The van der Waals surface area contributed by atoms with Gasteiger partial charge in [-0.25, -0.2) is 0 Å². The van der Waals surface area contributed by atoms with E-state index in [4.69, 9.17) is 0 Å². The van der Waals surface area contributed by atoms with Crippen molar-refractivity contribution in [2.24, 2.45) is 7.05 Å². The van der Waals surface area contributed by atoms with Crippen LogP contribution in [0.1, 0.15) is 21.6 Å². The topological polar surface area (TPSA) is 63.1 Å². The van der Waals surface area contributed by atoms with E-state index in [0.29, 0.717) is 12.1 Å². The van der Waals surface area contributed by atoms with E-state index in [1.165, 1.54) is 0 Å². The Morgan fingerprint density at radius 1 is 1.40 bits per heavy atom. The van der Waals surface area contributed by atoms with Crippen molar-refractivity contribution in [1.82, 2.24) is 19.9 Å². The number of rotatable bonds is 4. The minimum Gasteiger partial charge on any atom is -0.379 e. The summed E-state index contributed by atoms with van der Waals surface area (Å²) in [7, 11) is 5.32. The molecule has 0 bridgehead atoms. The molecule has 6 heteroatoms. The van der Waals surface area contributed by atoms with E-state index in [2.05, 4.69) is 15.6 Å². The second-order valence-electron chi connectivity index (χ2n) is 4.97. The zero-order valence-electron chi connectivity index (χ0n) is 12.2. The summed E-state index contributed by atoms with van der Waals surface area (Å²) in [6.07, 6.45) is 1.86. The van der Waals surface area contributed by atoms with Crippen LogP contribution < -0.4 is 5.32 Å². The van der Waals surface area contributed by atoms with Crippen LogP contribution in [0.25, 0.3) is 0 Å². The third-order valence-corrected chi connectivity index (χ3v) is 3.00. The third kappa shape index (κ3) is 3.14. The van der Waals surface area contributed by atoms with Gasteiger partial charge >= 0.3 is 0 Å². The number of amides is 1. The molecule has 106 valence electrons. The van der Waals surface area contributed by atoms with Crippen LogP contribution >= 0.6 is 0 Å². The number of hydrogen-bond donors (Lipinski definition) is 1. The molecule has 1 amide bonds. The Bertz CT molecular complexity index is 618. The largest absolute Gasteiger partial charge is 0.379 e. The van der Waals surface area contributed by atoms with Crippen LogP contribution in [0.4, 0.5) is 5.69 Å². The van der Waals surface area contributed by atoms with Gasteiger partial charge in [0.2, 0.25) is 0 Å². The SMILES string of the molecule is Cc1ccc(C(=O)N(C)C)cc1NCc1cn(C)nn1. The van der Waals surface area contributed by atoms with Crippen LogP contribution in [0.5, 0.6) is 0 Å². The highest BCUT2D eigenvalue weighted by Crippen LogP contribution is 2.18. The van der Waals surface area contributed by atoms with Crippen molar-refractivity contribution < 1.29 is 4.79 Å². The van der Waals surface area contributed by atoms with E-state index in [1.807, 2.05) is 38.4 Å². The molecule has 1 N–H and O–H groups in total. The summed E-state index contributed by atoms with van der Waals surface area (Å²) in [6.45, 7) is 2.58. The van der Waals surface area contributed by atoms with Gasteiger partial charge in [-0.05, 0) is 24.6 Å². The number of aromatic nitrogens is 3. The van der Waals surface area contributed by atoms with Crippen molar-refractivity contribution in [2.75, 3.05) is 19.4 Å². The van der Waals surface area contributed by atoms with Gasteiger partial charge in [0.25, 0.3) is 5.91 Å². The first kappa shape index (κ1) is 14.0. The van der Waals surface area contributed by atoms with Gasteiger partial charge in [-0.3, -0.25) is 9.48 Å². The molecule has 0 aliphatic rings. The van der Waals surface area contributed by atoms with Gasteiger partial charge in [0.05, 0.1) is 6.54 Å². The zero-order chi connectivity index (χ0) is 14.7. The van der Waals surface area contributed by atoms with Crippen LogP contribution in [-0.4, -0.2) is 39.9 Å². The Morgan fingerprint density at radius 3 is 2.75 bits per heavy atom. The fourth-order valence-corrected chi connectivity index (χ4v) is 1.87. The second-order valence-corrected chi connectivity index (χ2v) is 4.97. The maximum Gasteiger partial charge on any atom is 0.253 e. The van der Waals surface area contributed by atoms with Gasteiger partial charge < -0.3 is 10.2 Å². The van der Waals surface area contributed by atoms with Crippen LogP contribution in [-0.2, 0) is 13.6 Å². The Hall–Kier alpha value is -2.37. The number of benzene rings is 1. The Morgan fingerprint density at radius 2 is 2.15 bits per heavy atom. The summed E-state index contributed by atoms with van der Waals surface area (Å²) < 4.78 is 1.66. The highest BCUT2D eigenvalue weighted by atomic mass is 16.2. The summed E-state index contributed by atoms with van der Waals surface area (Å²) in [5, 5.41) is 11.2. The van der Waals surface area contributed by atoms with Crippen molar-refractivity contribution >= 4 is 11.6 Å². The minimum absolute atomic E-state index is 0.00690. The van der Waals surface area contributed by atoms with E-state index >= 15 is 0 Å². The summed E-state index contributed by atoms with van der Waals surface area (Å²) >= 11 is 0. The van der Waals surface area contributed by atoms with Gasteiger partial charge in [0.1, 0.15) is 5.69 Å². The summed E-state index contributed by atoms with van der Waals surface area (Å²) in [5.74, 6) is -0.00690. The molecule has 2 rings (SSSR count). The predicted octanol–water partition coefficient (Wildman–Crippen LogP) is 1.44. The second kappa shape index (κ2) is 5.73. The molecule has 0 aliphatic carbocycles. The first-order valence-electron chi connectivity index (χ1n) is 6.38.